The third-order valence-corrected chi connectivity index (χ3v) is 5.37. The molecule has 0 unspecified atom stereocenters. The Morgan fingerprint density at radius 1 is 1.19 bits per heavy atom. The van der Waals surface area contributed by atoms with E-state index >= 15 is 0 Å². The Balaban J connectivity index is 1.50. The Kier molecular flexibility index (Phi) is 3.35. The van der Waals surface area contributed by atoms with E-state index in [0.717, 1.165) is 52.7 Å². The molecule has 2 aromatic carbocycles. The summed E-state index contributed by atoms with van der Waals surface area (Å²) in [7, 11) is 2.00. The summed E-state index contributed by atoms with van der Waals surface area (Å²) in [6, 6.07) is 16.0. The summed E-state index contributed by atoms with van der Waals surface area (Å²) in [5, 5.41) is 1.15. The first-order valence-corrected chi connectivity index (χ1v) is 9.01. The minimum atomic E-state index is 0.0130. The SMILES string of the molecule is Cn1ccc2ccc(C(=O)N3CCC[C@@H]3c3nc4ccccc4[nH]3)cc21. The number of amides is 1. The predicted molar refractivity (Wildman–Crippen MR) is 102 cm³/mol. The molecule has 1 atom stereocenters. The van der Waals surface area contributed by atoms with Crippen molar-refractivity contribution in [1.82, 2.24) is 19.4 Å². The molecule has 1 aliphatic heterocycles. The van der Waals surface area contributed by atoms with E-state index < -0.39 is 0 Å². The minimum Gasteiger partial charge on any atom is -0.351 e. The second kappa shape index (κ2) is 5.73. The van der Waals surface area contributed by atoms with E-state index in [0.29, 0.717) is 0 Å². The molecule has 1 aliphatic rings. The summed E-state index contributed by atoms with van der Waals surface area (Å²) < 4.78 is 2.05. The zero-order valence-electron chi connectivity index (χ0n) is 14.6. The maximum Gasteiger partial charge on any atom is 0.254 e. The van der Waals surface area contributed by atoms with Crippen molar-refractivity contribution in [3.05, 3.63) is 66.1 Å². The molecule has 4 aromatic rings. The van der Waals surface area contributed by atoms with Gasteiger partial charge in [-0.2, -0.15) is 0 Å². The highest BCUT2D eigenvalue weighted by atomic mass is 16.2. The quantitative estimate of drug-likeness (QED) is 0.597. The number of fused-ring (bicyclic) bond motifs is 2. The van der Waals surface area contributed by atoms with Crippen LogP contribution in [0, 0.1) is 0 Å². The Morgan fingerprint density at radius 3 is 2.96 bits per heavy atom. The Hall–Kier alpha value is -3.08. The maximum absolute atomic E-state index is 13.2. The number of nitrogens with zero attached hydrogens (tertiary/aromatic N) is 3. The molecular weight excluding hydrogens is 324 g/mol. The number of benzene rings is 2. The lowest BCUT2D eigenvalue weighted by atomic mass is 10.1. The Morgan fingerprint density at radius 2 is 2.08 bits per heavy atom. The van der Waals surface area contributed by atoms with Gasteiger partial charge in [-0.05, 0) is 48.6 Å². The fourth-order valence-electron chi connectivity index (χ4n) is 3.99. The average molecular weight is 344 g/mol. The van der Waals surface area contributed by atoms with Gasteiger partial charge >= 0.3 is 0 Å². The predicted octanol–water partition coefficient (Wildman–Crippen LogP) is 4.03. The number of aromatic nitrogens is 3. The van der Waals surface area contributed by atoms with Crippen molar-refractivity contribution < 1.29 is 4.79 Å². The maximum atomic E-state index is 13.2. The summed E-state index contributed by atoms with van der Waals surface area (Å²) in [4.78, 5) is 23.3. The van der Waals surface area contributed by atoms with Gasteiger partial charge in [0.1, 0.15) is 5.82 Å². The van der Waals surface area contributed by atoms with Gasteiger partial charge in [-0.3, -0.25) is 4.79 Å². The fourth-order valence-corrected chi connectivity index (χ4v) is 3.99. The molecule has 0 bridgehead atoms. The largest absolute Gasteiger partial charge is 0.351 e. The van der Waals surface area contributed by atoms with E-state index in [1.165, 1.54) is 0 Å². The topological polar surface area (TPSA) is 53.9 Å². The van der Waals surface area contributed by atoms with Crippen molar-refractivity contribution in [2.75, 3.05) is 6.54 Å². The van der Waals surface area contributed by atoms with E-state index in [9.17, 15) is 4.79 Å². The van der Waals surface area contributed by atoms with Crippen molar-refractivity contribution in [1.29, 1.82) is 0 Å². The standard InChI is InChI=1S/C21H20N4O/c1-24-12-10-14-8-9-15(13-19(14)24)21(26)25-11-4-7-18(25)20-22-16-5-2-3-6-17(16)23-20/h2-3,5-6,8-10,12-13,18H,4,7,11H2,1H3,(H,22,23)/t18-/m1/s1. The van der Waals surface area contributed by atoms with Crippen LogP contribution >= 0.6 is 0 Å². The van der Waals surface area contributed by atoms with Gasteiger partial charge in [0.2, 0.25) is 0 Å². The molecule has 3 heterocycles. The van der Waals surface area contributed by atoms with Crippen LogP contribution in [0.1, 0.15) is 35.1 Å². The van der Waals surface area contributed by atoms with Gasteiger partial charge in [-0.1, -0.05) is 18.2 Å². The van der Waals surface area contributed by atoms with E-state index in [2.05, 4.69) is 11.1 Å². The zero-order chi connectivity index (χ0) is 17.7. The number of aryl methyl sites for hydroxylation is 1. The van der Waals surface area contributed by atoms with Gasteiger partial charge < -0.3 is 14.5 Å². The molecular formula is C21H20N4O. The Bertz CT molecular complexity index is 1090. The molecule has 0 aliphatic carbocycles. The van der Waals surface area contributed by atoms with Crippen LogP contribution in [0.25, 0.3) is 21.9 Å². The van der Waals surface area contributed by atoms with Crippen LogP contribution in [-0.4, -0.2) is 31.9 Å². The van der Waals surface area contributed by atoms with Crippen LogP contribution in [0.4, 0.5) is 0 Å². The fraction of sp³-hybridized carbons (Fsp3) is 0.238. The molecule has 5 nitrogen and oxygen atoms in total. The van der Waals surface area contributed by atoms with Gasteiger partial charge in [0.25, 0.3) is 5.91 Å². The number of likely N-dealkylation sites (tertiary alicyclic amines) is 1. The van der Waals surface area contributed by atoms with Crippen LogP contribution in [0.2, 0.25) is 0 Å². The molecule has 1 saturated heterocycles. The van der Waals surface area contributed by atoms with Crippen LogP contribution in [0.15, 0.2) is 54.7 Å². The van der Waals surface area contributed by atoms with Crippen molar-refractivity contribution in [3.63, 3.8) is 0 Å². The molecule has 26 heavy (non-hydrogen) atoms. The number of para-hydroxylation sites is 2. The monoisotopic (exact) mass is 344 g/mol. The molecule has 5 heteroatoms. The van der Waals surface area contributed by atoms with Gasteiger partial charge in [0, 0.05) is 30.9 Å². The van der Waals surface area contributed by atoms with Crippen molar-refractivity contribution in [3.8, 4) is 0 Å². The highest BCUT2D eigenvalue weighted by Crippen LogP contribution is 2.33. The lowest BCUT2D eigenvalue weighted by Crippen LogP contribution is -2.31. The molecule has 0 radical (unpaired) electrons. The number of nitrogens with one attached hydrogen (secondary N) is 1. The van der Waals surface area contributed by atoms with E-state index in [-0.39, 0.29) is 11.9 Å². The van der Waals surface area contributed by atoms with Crippen LogP contribution in [0.5, 0.6) is 0 Å². The summed E-state index contributed by atoms with van der Waals surface area (Å²) in [6.45, 7) is 0.770. The van der Waals surface area contributed by atoms with Crippen molar-refractivity contribution >= 4 is 27.8 Å². The third kappa shape index (κ3) is 2.31. The number of hydrogen-bond donors (Lipinski definition) is 1. The molecule has 2 aromatic heterocycles. The summed E-state index contributed by atoms with van der Waals surface area (Å²) in [6.07, 6.45) is 3.96. The third-order valence-electron chi connectivity index (χ3n) is 5.37. The van der Waals surface area contributed by atoms with Gasteiger partial charge in [-0.15, -0.1) is 0 Å². The normalized spacial score (nSPS) is 17.4. The number of imidazole rings is 1. The van der Waals surface area contributed by atoms with Crippen LogP contribution in [0.3, 0.4) is 0 Å². The van der Waals surface area contributed by atoms with E-state index in [1.807, 2.05) is 65.2 Å². The number of carbonyl (C=O) groups excluding carboxylic acids is 1. The second-order valence-corrected chi connectivity index (χ2v) is 7.00. The second-order valence-electron chi connectivity index (χ2n) is 7.00. The number of carbonyl (C=O) groups is 1. The smallest absolute Gasteiger partial charge is 0.254 e. The molecule has 1 amide bonds. The minimum absolute atomic E-state index is 0.0130. The van der Waals surface area contributed by atoms with E-state index in [4.69, 9.17) is 4.98 Å². The first kappa shape index (κ1) is 15.2. The van der Waals surface area contributed by atoms with Gasteiger partial charge in [0.05, 0.1) is 17.1 Å². The number of rotatable bonds is 2. The lowest BCUT2D eigenvalue weighted by molar-refractivity contribution is 0.0730. The average Bonchev–Trinajstić information content (AvgIpc) is 3.38. The molecule has 1 fully saturated rings. The van der Waals surface area contributed by atoms with Gasteiger partial charge in [0.15, 0.2) is 0 Å². The first-order valence-electron chi connectivity index (χ1n) is 9.01. The van der Waals surface area contributed by atoms with Gasteiger partial charge in [-0.25, -0.2) is 4.98 Å². The Labute approximate surface area is 151 Å². The molecule has 130 valence electrons. The summed E-state index contributed by atoms with van der Waals surface area (Å²) in [5.74, 6) is 0.966. The van der Waals surface area contributed by atoms with E-state index in [1.54, 1.807) is 0 Å². The number of H-pyrrole nitrogens is 1. The van der Waals surface area contributed by atoms with Crippen molar-refractivity contribution in [2.24, 2.45) is 7.05 Å². The molecule has 0 saturated carbocycles. The highest BCUT2D eigenvalue weighted by molar-refractivity contribution is 5.98. The summed E-state index contributed by atoms with van der Waals surface area (Å²) in [5.41, 5.74) is 3.79. The number of aromatic amines is 1. The molecule has 0 spiro atoms. The lowest BCUT2D eigenvalue weighted by Gasteiger charge is -2.23. The zero-order valence-corrected chi connectivity index (χ0v) is 14.6. The number of hydrogen-bond acceptors (Lipinski definition) is 2. The summed E-state index contributed by atoms with van der Waals surface area (Å²) >= 11 is 0. The van der Waals surface area contributed by atoms with Crippen LogP contribution in [-0.2, 0) is 7.05 Å². The van der Waals surface area contributed by atoms with Crippen molar-refractivity contribution in [2.45, 2.75) is 18.9 Å². The highest BCUT2D eigenvalue weighted by Gasteiger charge is 2.32. The molecule has 1 N–H and O–H groups in total. The van der Waals surface area contributed by atoms with Crippen LogP contribution < -0.4 is 0 Å². The first-order chi connectivity index (χ1) is 12.7. The molecule has 5 rings (SSSR count).